The normalized spacial score (nSPS) is 45.7. The minimum absolute atomic E-state index is 0. The van der Waals surface area contributed by atoms with Crippen LogP contribution in [-0.4, -0.2) is 26.1 Å². The zero-order valence-corrected chi connectivity index (χ0v) is 9.54. The largest absolute Gasteiger partial charge is 0.114 e. The Labute approximate surface area is 101 Å². The molecule has 0 amide bonds. The van der Waals surface area contributed by atoms with Gasteiger partial charge in [-0.1, -0.05) is 57.1 Å². The monoisotopic (exact) mass is 182 g/mol. The van der Waals surface area contributed by atoms with Gasteiger partial charge in [0.25, 0.3) is 0 Å². The summed E-state index contributed by atoms with van der Waals surface area (Å²) < 4.78 is 0. The second-order valence-electron chi connectivity index (χ2n) is 5.44. The maximum absolute atomic E-state index is 2.67. The molecule has 0 nitrogen and oxygen atoms in total. The van der Waals surface area contributed by atoms with Gasteiger partial charge < -0.3 is 0 Å². The molecule has 2 aliphatic carbocycles. The molecule has 0 spiro atoms. The van der Waals surface area contributed by atoms with E-state index in [0.29, 0.717) is 0 Å². The Morgan fingerprint density at radius 3 is 2.21 bits per heavy atom. The summed E-state index contributed by atoms with van der Waals surface area (Å²) in [7, 11) is 2.67. The fraction of sp³-hybridized carbons (Fsp3) is 1.00. The van der Waals surface area contributed by atoms with Crippen molar-refractivity contribution in [2.45, 2.75) is 57.1 Å². The van der Waals surface area contributed by atoms with E-state index in [-0.39, 0.29) is 18.9 Å². The van der Waals surface area contributed by atoms with Crippen molar-refractivity contribution in [2.75, 3.05) is 0 Å². The summed E-state index contributed by atoms with van der Waals surface area (Å²) in [6, 6.07) is 0. The van der Waals surface area contributed by atoms with Crippen molar-refractivity contribution in [3.63, 3.8) is 0 Å². The van der Waals surface area contributed by atoms with Crippen LogP contribution in [0.1, 0.15) is 44.9 Å². The molecular formula is C12H20BLi. The molecule has 0 bridgehead atoms. The molecule has 4 unspecified atom stereocenters. The van der Waals surface area contributed by atoms with Gasteiger partial charge in [-0.25, -0.2) is 0 Å². The van der Waals surface area contributed by atoms with Gasteiger partial charge >= 0.3 is 0 Å². The Hall–Kier alpha value is 0.662. The molecule has 3 rings (SSSR count). The second-order valence-corrected chi connectivity index (χ2v) is 5.44. The van der Waals surface area contributed by atoms with Gasteiger partial charge in [0.2, 0.25) is 0 Å². The third-order valence-corrected chi connectivity index (χ3v) is 4.85. The molecule has 2 heteroatoms. The van der Waals surface area contributed by atoms with Crippen LogP contribution in [0.25, 0.3) is 0 Å². The fourth-order valence-electron chi connectivity index (χ4n) is 4.39. The Bertz CT molecular complexity index is 149. The fourth-order valence-corrected chi connectivity index (χ4v) is 4.39. The van der Waals surface area contributed by atoms with E-state index in [4.69, 9.17) is 0 Å². The quantitative estimate of drug-likeness (QED) is 0.505. The van der Waals surface area contributed by atoms with Crippen molar-refractivity contribution in [1.29, 1.82) is 0 Å². The second kappa shape index (κ2) is 4.67. The van der Waals surface area contributed by atoms with E-state index in [0.717, 1.165) is 23.6 Å². The number of hydrogen-bond donors (Lipinski definition) is 0. The average molecular weight is 182 g/mol. The van der Waals surface area contributed by atoms with E-state index in [9.17, 15) is 0 Å². The van der Waals surface area contributed by atoms with E-state index in [1.165, 1.54) is 25.6 Å². The van der Waals surface area contributed by atoms with Gasteiger partial charge in [0.05, 0.1) is 0 Å². The maximum Gasteiger partial charge on any atom is 0.114 e. The maximum atomic E-state index is 2.67. The molecular weight excluding hydrogens is 162 g/mol. The molecule has 72 valence electrons. The standard InChI is InChI=1S/C12H20B.Li/c1-3-9-5-2-6-11-12(9)10(4-1)7-8-13-11;/h9-12H,1-8H2;. The average Bonchev–Trinajstić information content (AvgIpc) is 2.19. The van der Waals surface area contributed by atoms with Crippen LogP contribution in [0.3, 0.4) is 0 Å². The van der Waals surface area contributed by atoms with Gasteiger partial charge in [-0.2, -0.15) is 0 Å². The molecule has 0 aromatic heterocycles. The van der Waals surface area contributed by atoms with Crippen molar-refractivity contribution in [1.82, 2.24) is 0 Å². The van der Waals surface area contributed by atoms with Crippen LogP contribution in [0.2, 0.25) is 12.1 Å². The number of hydrogen-bond acceptors (Lipinski definition) is 0. The predicted molar refractivity (Wildman–Crippen MR) is 62.9 cm³/mol. The van der Waals surface area contributed by atoms with Crippen LogP contribution in [0.4, 0.5) is 0 Å². The summed E-state index contributed by atoms with van der Waals surface area (Å²) in [5.41, 5.74) is 0. The van der Waals surface area contributed by atoms with Crippen LogP contribution in [0.5, 0.6) is 0 Å². The van der Waals surface area contributed by atoms with E-state index < -0.39 is 0 Å². The molecule has 1 heterocycles. The van der Waals surface area contributed by atoms with Crippen molar-refractivity contribution >= 4 is 26.1 Å². The Kier molecular flexibility index (Phi) is 3.72. The van der Waals surface area contributed by atoms with Gasteiger partial charge in [0, 0.05) is 18.9 Å². The molecule has 0 aromatic rings. The van der Waals surface area contributed by atoms with E-state index in [1.54, 1.807) is 25.7 Å². The van der Waals surface area contributed by atoms with Gasteiger partial charge in [-0.15, -0.1) is 0 Å². The summed E-state index contributed by atoms with van der Waals surface area (Å²) in [6.45, 7) is 0. The topological polar surface area (TPSA) is 0 Å². The third kappa shape index (κ3) is 1.83. The third-order valence-electron chi connectivity index (χ3n) is 4.85. The summed E-state index contributed by atoms with van der Waals surface area (Å²) in [5.74, 6) is 4.44. The predicted octanol–water partition coefficient (Wildman–Crippen LogP) is 3.14. The van der Waals surface area contributed by atoms with Crippen molar-refractivity contribution in [2.24, 2.45) is 17.8 Å². The molecule has 1 saturated heterocycles. The number of rotatable bonds is 0. The summed E-state index contributed by atoms with van der Waals surface area (Å²) >= 11 is 0. The van der Waals surface area contributed by atoms with E-state index in [1.807, 2.05) is 0 Å². The van der Waals surface area contributed by atoms with Gasteiger partial charge in [-0.05, 0) is 17.8 Å². The zero-order chi connectivity index (χ0) is 8.67. The summed E-state index contributed by atoms with van der Waals surface area (Å²) in [5, 5.41) is 0. The smallest absolute Gasteiger partial charge is 0.0797 e. The van der Waals surface area contributed by atoms with Gasteiger partial charge in [-0.3, -0.25) is 0 Å². The zero-order valence-electron chi connectivity index (χ0n) is 9.54. The Morgan fingerprint density at radius 1 is 0.786 bits per heavy atom. The first-order valence-corrected chi connectivity index (χ1v) is 6.28. The van der Waals surface area contributed by atoms with Gasteiger partial charge in [0.1, 0.15) is 7.28 Å². The van der Waals surface area contributed by atoms with Crippen molar-refractivity contribution in [3.05, 3.63) is 0 Å². The minimum Gasteiger partial charge on any atom is -0.0797 e. The molecule has 14 heavy (non-hydrogen) atoms. The van der Waals surface area contributed by atoms with Crippen molar-refractivity contribution in [3.8, 4) is 0 Å². The molecule has 0 aromatic carbocycles. The SMILES string of the molecule is [B]1CCC2CCCC3CCCC1C23.[Li]. The Morgan fingerprint density at radius 2 is 1.43 bits per heavy atom. The van der Waals surface area contributed by atoms with Crippen LogP contribution < -0.4 is 0 Å². The van der Waals surface area contributed by atoms with Crippen LogP contribution in [0.15, 0.2) is 0 Å². The summed E-state index contributed by atoms with van der Waals surface area (Å²) in [6.07, 6.45) is 12.2. The molecule has 3 aliphatic rings. The molecule has 1 aliphatic heterocycles. The Balaban J connectivity index is 0.000000750. The molecule has 4 atom stereocenters. The van der Waals surface area contributed by atoms with Crippen molar-refractivity contribution < 1.29 is 0 Å². The first-order valence-electron chi connectivity index (χ1n) is 6.28. The van der Waals surface area contributed by atoms with Gasteiger partial charge in [0.15, 0.2) is 0 Å². The molecule has 0 N–H and O–H groups in total. The van der Waals surface area contributed by atoms with E-state index in [2.05, 4.69) is 7.28 Å². The van der Waals surface area contributed by atoms with Crippen LogP contribution in [-0.2, 0) is 0 Å². The molecule has 2 radical (unpaired) electrons. The van der Waals surface area contributed by atoms with Crippen LogP contribution >= 0.6 is 0 Å². The van der Waals surface area contributed by atoms with Crippen LogP contribution in [0, 0.1) is 17.8 Å². The van der Waals surface area contributed by atoms with E-state index >= 15 is 0 Å². The minimum atomic E-state index is 0. The molecule has 3 fully saturated rings. The summed E-state index contributed by atoms with van der Waals surface area (Å²) in [4.78, 5) is 0. The first kappa shape index (κ1) is 11.2. The first-order chi connectivity index (χ1) is 6.45. The molecule has 2 saturated carbocycles.